The molecular weight excluding hydrogens is 337 g/mol. The molecular formula is C6H5BI2. The fraction of sp³-hybridized carbons (Fsp3) is 0. The van der Waals surface area contributed by atoms with Crippen LogP contribution in [0.25, 0.3) is 0 Å². The SMILES string of the molecule is Bc1cccc(I)c1I. The number of rotatable bonds is 0. The highest BCUT2D eigenvalue weighted by Crippen LogP contribution is 2.10. The Hall–Kier alpha value is 0.745. The molecule has 1 aromatic rings. The lowest BCUT2D eigenvalue weighted by molar-refractivity contribution is 1.63. The van der Waals surface area contributed by atoms with Gasteiger partial charge in [0.25, 0.3) is 0 Å². The standard InChI is InChI=1S/C6H5BI2/c7-4-2-1-3-5(8)6(4)9/h1-3H,7H2. The quantitative estimate of drug-likeness (QED) is 0.491. The summed E-state index contributed by atoms with van der Waals surface area (Å²) in [4.78, 5) is 0. The van der Waals surface area contributed by atoms with E-state index in [2.05, 4.69) is 71.2 Å². The molecule has 0 heterocycles. The maximum Gasteiger partial charge on any atom is 0.140 e. The summed E-state index contributed by atoms with van der Waals surface area (Å²) in [6, 6.07) is 6.33. The lowest BCUT2D eigenvalue weighted by Gasteiger charge is -1.97. The Bertz CT molecular complexity index is 202. The molecule has 0 bridgehead atoms. The lowest BCUT2D eigenvalue weighted by atomic mass is 9.97. The molecule has 0 saturated carbocycles. The highest BCUT2D eigenvalue weighted by molar-refractivity contribution is 14.1. The summed E-state index contributed by atoms with van der Waals surface area (Å²) >= 11 is 4.70. The van der Waals surface area contributed by atoms with Crippen molar-refractivity contribution in [2.24, 2.45) is 0 Å². The molecule has 1 rings (SSSR count). The third-order valence-corrected chi connectivity index (χ3v) is 4.51. The summed E-state index contributed by atoms with van der Waals surface area (Å²) < 4.78 is 2.71. The number of halogens is 2. The molecule has 0 aromatic heterocycles. The van der Waals surface area contributed by atoms with E-state index in [0.29, 0.717) is 0 Å². The van der Waals surface area contributed by atoms with Gasteiger partial charge in [0.15, 0.2) is 0 Å². The van der Waals surface area contributed by atoms with Crippen molar-refractivity contribution in [3.63, 3.8) is 0 Å². The molecule has 46 valence electrons. The van der Waals surface area contributed by atoms with Gasteiger partial charge in [0, 0.05) is 7.14 Å². The minimum atomic E-state index is 1.34. The van der Waals surface area contributed by atoms with Crippen LogP contribution in [0.3, 0.4) is 0 Å². The molecule has 0 saturated heterocycles. The van der Waals surface area contributed by atoms with Crippen molar-refractivity contribution < 1.29 is 0 Å². The Labute approximate surface area is 83.1 Å². The molecule has 0 atom stereocenters. The number of hydrogen-bond acceptors (Lipinski definition) is 0. The summed E-state index contributed by atoms with van der Waals surface area (Å²) in [5, 5.41) is 0. The van der Waals surface area contributed by atoms with E-state index in [1.54, 1.807) is 0 Å². The van der Waals surface area contributed by atoms with Gasteiger partial charge in [-0.15, -0.1) is 0 Å². The van der Waals surface area contributed by atoms with E-state index in [0.717, 1.165) is 0 Å². The van der Waals surface area contributed by atoms with Gasteiger partial charge in [0.1, 0.15) is 7.85 Å². The second-order valence-electron chi connectivity index (χ2n) is 1.87. The van der Waals surface area contributed by atoms with Crippen molar-refractivity contribution in [3.05, 3.63) is 25.3 Å². The number of hydrogen-bond donors (Lipinski definition) is 0. The molecule has 0 radical (unpaired) electrons. The molecule has 0 N–H and O–H groups in total. The molecule has 0 unspecified atom stereocenters. The summed E-state index contributed by atoms with van der Waals surface area (Å²) in [5.41, 5.74) is 1.36. The Morgan fingerprint density at radius 3 is 2.33 bits per heavy atom. The van der Waals surface area contributed by atoms with Gasteiger partial charge in [-0.1, -0.05) is 17.6 Å². The Morgan fingerprint density at radius 1 is 1.22 bits per heavy atom. The zero-order valence-corrected chi connectivity index (χ0v) is 9.30. The van der Waals surface area contributed by atoms with Gasteiger partial charge in [0.05, 0.1) is 0 Å². The molecule has 0 fully saturated rings. The first-order valence-electron chi connectivity index (χ1n) is 2.62. The Kier molecular flexibility index (Phi) is 2.82. The van der Waals surface area contributed by atoms with Crippen LogP contribution in [-0.4, -0.2) is 7.85 Å². The van der Waals surface area contributed by atoms with Crippen molar-refractivity contribution >= 4 is 58.5 Å². The average Bonchev–Trinajstić information content (AvgIpc) is 1.83. The monoisotopic (exact) mass is 342 g/mol. The Morgan fingerprint density at radius 2 is 1.89 bits per heavy atom. The number of benzene rings is 1. The molecule has 0 spiro atoms. The third-order valence-electron chi connectivity index (χ3n) is 1.14. The second kappa shape index (κ2) is 3.23. The third kappa shape index (κ3) is 1.83. The molecule has 3 heteroatoms. The second-order valence-corrected chi connectivity index (χ2v) is 4.11. The van der Waals surface area contributed by atoms with E-state index in [-0.39, 0.29) is 0 Å². The average molecular weight is 342 g/mol. The van der Waals surface area contributed by atoms with Crippen LogP contribution in [0.4, 0.5) is 0 Å². The van der Waals surface area contributed by atoms with E-state index < -0.39 is 0 Å². The fourth-order valence-electron chi connectivity index (χ4n) is 0.612. The molecule has 0 aliphatic carbocycles. The molecule has 0 aliphatic heterocycles. The van der Waals surface area contributed by atoms with Gasteiger partial charge in [-0.25, -0.2) is 0 Å². The van der Waals surface area contributed by atoms with E-state index in [4.69, 9.17) is 0 Å². The van der Waals surface area contributed by atoms with Gasteiger partial charge in [-0.2, -0.15) is 0 Å². The van der Waals surface area contributed by atoms with Gasteiger partial charge in [-0.05, 0) is 51.2 Å². The molecule has 0 nitrogen and oxygen atoms in total. The minimum Gasteiger partial charge on any atom is -0.0748 e. The summed E-state index contributed by atoms with van der Waals surface area (Å²) in [6.45, 7) is 0. The highest BCUT2D eigenvalue weighted by atomic mass is 127. The molecule has 0 amide bonds. The van der Waals surface area contributed by atoms with Crippen molar-refractivity contribution in [3.8, 4) is 0 Å². The van der Waals surface area contributed by atoms with Gasteiger partial charge in [0.2, 0.25) is 0 Å². The van der Waals surface area contributed by atoms with E-state index >= 15 is 0 Å². The van der Waals surface area contributed by atoms with Crippen LogP contribution in [0.5, 0.6) is 0 Å². The Balaban J connectivity index is 3.25. The topological polar surface area (TPSA) is 0 Å². The van der Waals surface area contributed by atoms with Gasteiger partial charge < -0.3 is 0 Å². The molecule has 1 aromatic carbocycles. The minimum absolute atomic E-state index is 1.34. The van der Waals surface area contributed by atoms with Crippen molar-refractivity contribution in [2.45, 2.75) is 0 Å². The van der Waals surface area contributed by atoms with Gasteiger partial charge in [-0.3, -0.25) is 0 Å². The summed E-state index contributed by atoms with van der Waals surface area (Å²) in [7, 11) is 2.13. The maximum atomic E-state index is 2.36. The molecule has 9 heavy (non-hydrogen) atoms. The van der Waals surface area contributed by atoms with Crippen LogP contribution >= 0.6 is 45.2 Å². The first kappa shape index (κ1) is 7.85. The normalized spacial score (nSPS) is 9.56. The van der Waals surface area contributed by atoms with Gasteiger partial charge >= 0.3 is 0 Å². The van der Waals surface area contributed by atoms with Crippen LogP contribution in [0.1, 0.15) is 0 Å². The van der Waals surface area contributed by atoms with E-state index in [1.807, 2.05) is 0 Å². The van der Waals surface area contributed by atoms with Crippen LogP contribution in [0.2, 0.25) is 0 Å². The fourth-order valence-corrected chi connectivity index (χ4v) is 1.60. The first-order valence-corrected chi connectivity index (χ1v) is 4.78. The predicted molar refractivity (Wildman–Crippen MR) is 60.1 cm³/mol. The van der Waals surface area contributed by atoms with E-state index in [9.17, 15) is 0 Å². The lowest BCUT2D eigenvalue weighted by Crippen LogP contribution is -2.07. The van der Waals surface area contributed by atoms with E-state index in [1.165, 1.54) is 12.6 Å². The predicted octanol–water partition coefficient (Wildman–Crippen LogP) is 1.15. The summed E-state index contributed by atoms with van der Waals surface area (Å²) in [5.74, 6) is 0. The first-order chi connectivity index (χ1) is 4.22. The summed E-state index contributed by atoms with van der Waals surface area (Å²) in [6.07, 6.45) is 0. The largest absolute Gasteiger partial charge is 0.140 e. The zero-order valence-electron chi connectivity index (χ0n) is 4.99. The zero-order chi connectivity index (χ0) is 6.85. The smallest absolute Gasteiger partial charge is 0.0748 e. The molecule has 0 aliphatic rings. The van der Waals surface area contributed by atoms with Crippen molar-refractivity contribution in [2.75, 3.05) is 0 Å². The maximum absolute atomic E-state index is 2.36. The van der Waals surface area contributed by atoms with Crippen LogP contribution in [0.15, 0.2) is 18.2 Å². The highest BCUT2D eigenvalue weighted by Gasteiger charge is 1.95. The van der Waals surface area contributed by atoms with Crippen LogP contribution in [-0.2, 0) is 0 Å². The van der Waals surface area contributed by atoms with Crippen molar-refractivity contribution in [1.82, 2.24) is 0 Å². The van der Waals surface area contributed by atoms with Crippen LogP contribution < -0.4 is 5.46 Å². The van der Waals surface area contributed by atoms with Crippen molar-refractivity contribution in [1.29, 1.82) is 0 Å². The van der Waals surface area contributed by atoms with Crippen LogP contribution in [0, 0.1) is 7.14 Å².